The number of nitrogens with zero attached hydrogens (tertiary/aromatic N) is 1. The van der Waals surface area contributed by atoms with Crippen LogP contribution < -0.4 is 10.5 Å². The maximum Gasteiger partial charge on any atom is 0.239 e. The lowest BCUT2D eigenvalue weighted by Crippen LogP contribution is -2.40. The monoisotopic (exact) mass is 250 g/mol. The zero-order valence-electron chi connectivity index (χ0n) is 11.6. The third-order valence-corrected chi connectivity index (χ3v) is 2.98. The number of rotatable bonds is 5. The van der Waals surface area contributed by atoms with Gasteiger partial charge in [-0.2, -0.15) is 0 Å². The minimum Gasteiger partial charge on any atom is -0.496 e. The summed E-state index contributed by atoms with van der Waals surface area (Å²) in [6.07, 6.45) is 0.647. The van der Waals surface area contributed by atoms with Crippen molar-refractivity contribution < 1.29 is 9.53 Å². The smallest absolute Gasteiger partial charge is 0.239 e. The second-order valence-corrected chi connectivity index (χ2v) is 4.52. The Labute approximate surface area is 109 Å². The van der Waals surface area contributed by atoms with Crippen molar-refractivity contribution >= 4 is 5.91 Å². The fourth-order valence-electron chi connectivity index (χ4n) is 1.82. The first-order chi connectivity index (χ1) is 8.49. The van der Waals surface area contributed by atoms with Gasteiger partial charge in [0, 0.05) is 19.2 Å². The van der Waals surface area contributed by atoms with Gasteiger partial charge in [-0.25, -0.2) is 0 Å². The van der Waals surface area contributed by atoms with Gasteiger partial charge in [0.05, 0.1) is 13.2 Å². The van der Waals surface area contributed by atoms with Gasteiger partial charge >= 0.3 is 0 Å². The summed E-state index contributed by atoms with van der Waals surface area (Å²) in [5.41, 5.74) is 7.89. The van der Waals surface area contributed by atoms with Crippen molar-refractivity contribution in [3.8, 4) is 5.75 Å². The number of benzene rings is 1. The number of methoxy groups -OCH3 is 1. The summed E-state index contributed by atoms with van der Waals surface area (Å²) in [5.74, 6) is 0.756. The van der Waals surface area contributed by atoms with Crippen molar-refractivity contribution in [2.75, 3.05) is 14.2 Å². The molecule has 0 aliphatic carbocycles. The van der Waals surface area contributed by atoms with E-state index < -0.39 is 6.04 Å². The minimum absolute atomic E-state index is 0.0407. The van der Waals surface area contributed by atoms with Crippen LogP contribution in [0.25, 0.3) is 0 Å². The Hall–Kier alpha value is -1.55. The van der Waals surface area contributed by atoms with Crippen LogP contribution in [0.3, 0.4) is 0 Å². The third kappa shape index (κ3) is 3.47. The molecule has 100 valence electrons. The predicted octanol–water partition coefficient (Wildman–Crippen LogP) is 1.70. The van der Waals surface area contributed by atoms with Crippen LogP contribution in [-0.2, 0) is 11.3 Å². The quantitative estimate of drug-likeness (QED) is 0.865. The first-order valence-corrected chi connectivity index (χ1v) is 6.13. The van der Waals surface area contributed by atoms with E-state index in [1.54, 1.807) is 19.1 Å². The lowest BCUT2D eigenvalue weighted by molar-refractivity contribution is -0.131. The van der Waals surface area contributed by atoms with Crippen LogP contribution in [0.2, 0.25) is 0 Å². The number of ether oxygens (including phenoxy) is 1. The van der Waals surface area contributed by atoms with Crippen molar-refractivity contribution in [1.29, 1.82) is 0 Å². The number of amides is 1. The second kappa shape index (κ2) is 6.40. The zero-order valence-corrected chi connectivity index (χ0v) is 11.6. The van der Waals surface area contributed by atoms with E-state index in [9.17, 15) is 4.79 Å². The maximum absolute atomic E-state index is 11.9. The average molecular weight is 250 g/mol. The van der Waals surface area contributed by atoms with E-state index in [0.29, 0.717) is 13.0 Å². The van der Waals surface area contributed by atoms with Crippen LogP contribution in [0.5, 0.6) is 5.75 Å². The molecule has 0 fully saturated rings. The normalized spacial score (nSPS) is 12.1. The topological polar surface area (TPSA) is 55.6 Å². The molecular formula is C14H22N2O2. The molecule has 0 aliphatic heterocycles. The molecule has 1 atom stereocenters. The van der Waals surface area contributed by atoms with E-state index in [2.05, 4.69) is 0 Å². The first kappa shape index (κ1) is 14.5. The molecule has 1 rings (SSSR count). The van der Waals surface area contributed by atoms with Gasteiger partial charge in [0.2, 0.25) is 5.91 Å². The van der Waals surface area contributed by atoms with E-state index in [1.807, 2.05) is 32.0 Å². The highest BCUT2D eigenvalue weighted by molar-refractivity contribution is 5.81. The molecular weight excluding hydrogens is 228 g/mol. The fraction of sp³-hybridized carbons (Fsp3) is 0.500. The average Bonchev–Trinajstić information content (AvgIpc) is 2.37. The first-order valence-electron chi connectivity index (χ1n) is 6.13. The summed E-state index contributed by atoms with van der Waals surface area (Å²) < 4.78 is 5.30. The number of likely N-dealkylation sites (N-methyl/N-ethyl adjacent to an activating group) is 1. The Bertz CT molecular complexity index is 418. The standard InChI is InChI=1S/C14H22N2O2/c1-5-12(15)14(17)16(3)9-11-8-10(2)6-7-13(11)18-4/h6-8,12H,5,9,15H2,1-4H3/t12-/m1/s1. The molecule has 0 unspecified atom stereocenters. The van der Waals surface area contributed by atoms with E-state index in [-0.39, 0.29) is 5.91 Å². The Kier molecular flexibility index (Phi) is 5.16. The molecule has 0 bridgehead atoms. The maximum atomic E-state index is 11.9. The van der Waals surface area contributed by atoms with Crippen LogP contribution in [0.1, 0.15) is 24.5 Å². The summed E-state index contributed by atoms with van der Waals surface area (Å²) in [6.45, 7) is 4.43. The van der Waals surface area contributed by atoms with Crippen molar-refractivity contribution in [2.24, 2.45) is 5.73 Å². The Balaban J connectivity index is 2.83. The lowest BCUT2D eigenvalue weighted by atomic mass is 10.1. The fourth-order valence-corrected chi connectivity index (χ4v) is 1.82. The van der Waals surface area contributed by atoms with E-state index >= 15 is 0 Å². The molecule has 18 heavy (non-hydrogen) atoms. The second-order valence-electron chi connectivity index (χ2n) is 4.52. The van der Waals surface area contributed by atoms with E-state index in [1.165, 1.54) is 0 Å². The lowest BCUT2D eigenvalue weighted by Gasteiger charge is -2.22. The number of carbonyl (C=O) groups excluding carboxylic acids is 1. The predicted molar refractivity (Wildman–Crippen MR) is 72.5 cm³/mol. The van der Waals surface area contributed by atoms with E-state index in [0.717, 1.165) is 16.9 Å². The number of hydrogen-bond donors (Lipinski definition) is 1. The van der Waals surface area contributed by atoms with Crippen LogP contribution in [0.4, 0.5) is 0 Å². The highest BCUT2D eigenvalue weighted by atomic mass is 16.5. The van der Waals surface area contributed by atoms with Gasteiger partial charge in [-0.15, -0.1) is 0 Å². The Morgan fingerprint density at radius 3 is 2.72 bits per heavy atom. The highest BCUT2D eigenvalue weighted by Crippen LogP contribution is 2.21. The van der Waals surface area contributed by atoms with E-state index in [4.69, 9.17) is 10.5 Å². The largest absolute Gasteiger partial charge is 0.496 e. The minimum atomic E-state index is -0.425. The SMILES string of the molecule is CC[C@@H](N)C(=O)N(C)Cc1cc(C)ccc1OC. The summed E-state index contributed by atoms with van der Waals surface area (Å²) >= 11 is 0. The van der Waals surface area contributed by atoms with Gasteiger partial charge in [0.15, 0.2) is 0 Å². The third-order valence-electron chi connectivity index (χ3n) is 2.98. The summed E-state index contributed by atoms with van der Waals surface area (Å²) in [7, 11) is 3.40. The summed E-state index contributed by atoms with van der Waals surface area (Å²) in [5, 5.41) is 0. The summed E-state index contributed by atoms with van der Waals surface area (Å²) in [4.78, 5) is 13.6. The molecule has 4 nitrogen and oxygen atoms in total. The molecule has 0 radical (unpaired) electrons. The highest BCUT2D eigenvalue weighted by Gasteiger charge is 2.17. The molecule has 1 amide bonds. The Morgan fingerprint density at radius 1 is 1.50 bits per heavy atom. The molecule has 4 heteroatoms. The van der Waals surface area contributed by atoms with Crippen molar-refractivity contribution in [2.45, 2.75) is 32.9 Å². The molecule has 0 spiro atoms. The Morgan fingerprint density at radius 2 is 2.17 bits per heavy atom. The molecule has 0 saturated heterocycles. The number of hydrogen-bond acceptors (Lipinski definition) is 3. The molecule has 1 aromatic carbocycles. The number of nitrogens with two attached hydrogens (primary N) is 1. The molecule has 1 aromatic rings. The van der Waals surface area contributed by atoms with Crippen LogP contribution in [0.15, 0.2) is 18.2 Å². The van der Waals surface area contributed by atoms with Crippen LogP contribution in [0, 0.1) is 6.92 Å². The van der Waals surface area contributed by atoms with Crippen molar-refractivity contribution in [1.82, 2.24) is 4.90 Å². The van der Waals surface area contributed by atoms with Gasteiger partial charge in [0.1, 0.15) is 5.75 Å². The van der Waals surface area contributed by atoms with Crippen LogP contribution >= 0.6 is 0 Å². The molecule has 0 aliphatic rings. The van der Waals surface area contributed by atoms with Gasteiger partial charge in [0.25, 0.3) is 0 Å². The van der Waals surface area contributed by atoms with Gasteiger partial charge < -0.3 is 15.4 Å². The number of aryl methyl sites for hydroxylation is 1. The molecule has 2 N–H and O–H groups in total. The molecule has 0 aromatic heterocycles. The number of carbonyl (C=O) groups is 1. The molecule has 0 saturated carbocycles. The molecule has 0 heterocycles. The zero-order chi connectivity index (χ0) is 13.7. The van der Waals surface area contributed by atoms with Crippen molar-refractivity contribution in [3.63, 3.8) is 0 Å². The van der Waals surface area contributed by atoms with Crippen molar-refractivity contribution in [3.05, 3.63) is 29.3 Å². The van der Waals surface area contributed by atoms with Gasteiger partial charge in [-0.05, 0) is 19.4 Å². The van der Waals surface area contributed by atoms with Gasteiger partial charge in [-0.3, -0.25) is 4.79 Å². The summed E-state index contributed by atoms with van der Waals surface area (Å²) in [6, 6.07) is 5.51. The van der Waals surface area contributed by atoms with Gasteiger partial charge in [-0.1, -0.05) is 24.6 Å². The van der Waals surface area contributed by atoms with Crippen LogP contribution in [-0.4, -0.2) is 31.0 Å².